The van der Waals surface area contributed by atoms with Gasteiger partial charge in [-0.1, -0.05) is 72.8 Å². The molecule has 0 aliphatic carbocycles. The van der Waals surface area contributed by atoms with Gasteiger partial charge in [-0.2, -0.15) is 0 Å². The number of rotatable bonds is 3. The van der Waals surface area contributed by atoms with Gasteiger partial charge < -0.3 is 5.73 Å². The summed E-state index contributed by atoms with van der Waals surface area (Å²) in [6, 6.07) is 26.5. The fourth-order valence-electron chi connectivity index (χ4n) is 2.29. The second-order valence-corrected chi connectivity index (χ2v) is 5.44. The summed E-state index contributed by atoms with van der Waals surface area (Å²) in [7, 11) is 0. The van der Waals surface area contributed by atoms with Crippen LogP contribution in [0.15, 0.2) is 94.9 Å². The van der Waals surface area contributed by atoms with Crippen LogP contribution in [0.2, 0.25) is 0 Å². The molecule has 0 unspecified atom stereocenters. The van der Waals surface area contributed by atoms with Gasteiger partial charge in [0.2, 0.25) is 0 Å². The number of nitrogen functional groups attached to an aromatic ring is 1. The smallest absolute Gasteiger partial charge is 0.161 e. The van der Waals surface area contributed by atoms with Crippen molar-refractivity contribution in [3.8, 4) is 0 Å². The zero-order valence-corrected chi connectivity index (χ0v) is 13.6. The molecule has 0 spiro atoms. The highest BCUT2D eigenvalue weighted by Gasteiger charge is 2.06. The van der Waals surface area contributed by atoms with E-state index in [4.69, 9.17) is 11.1 Å². The van der Waals surface area contributed by atoms with Crippen molar-refractivity contribution in [3.63, 3.8) is 0 Å². The lowest BCUT2D eigenvalue weighted by atomic mass is 10.1. The number of hydrogen-bond acceptors (Lipinski definition) is 2. The van der Waals surface area contributed by atoms with Gasteiger partial charge in [-0.3, -0.25) is 5.41 Å². The number of nitrogens with two attached hydrogens (primary N) is 1. The Morgan fingerprint density at radius 2 is 1.44 bits per heavy atom. The number of nitrogens with one attached hydrogen (secondary N) is 1. The van der Waals surface area contributed by atoms with Crippen LogP contribution in [0.5, 0.6) is 0 Å². The molecule has 0 aliphatic heterocycles. The predicted octanol–water partition coefficient (Wildman–Crippen LogP) is 4.16. The Hall–Kier alpha value is -3.53. The summed E-state index contributed by atoms with van der Waals surface area (Å²) >= 11 is 0. The molecule has 0 saturated carbocycles. The lowest BCUT2D eigenvalue weighted by Gasteiger charge is -2.04. The van der Waals surface area contributed by atoms with E-state index in [1.165, 1.54) is 0 Å². The van der Waals surface area contributed by atoms with Crippen molar-refractivity contribution >= 4 is 23.6 Å². The Bertz CT molecular complexity index is 913. The van der Waals surface area contributed by atoms with Crippen molar-refractivity contribution in [2.75, 3.05) is 5.73 Å². The van der Waals surface area contributed by atoms with Crippen molar-refractivity contribution in [2.24, 2.45) is 9.98 Å². The van der Waals surface area contributed by atoms with Crippen LogP contribution in [-0.2, 0) is 0 Å². The quantitative estimate of drug-likeness (QED) is 0.423. The van der Waals surface area contributed by atoms with Gasteiger partial charge in [-0.05, 0) is 17.7 Å². The van der Waals surface area contributed by atoms with Gasteiger partial charge in [-0.15, -0.1) is 0 Å². The lowest BCUT2D eigenvalue weighted by Crippen LogP contribution is -2.05. The molecule has 4 heteroatoms. The highest BCUT2D eigenvalue weighted by molar-refractivity contribution is 6.13. The van der Waals surface area contributed by atoms with Crippen LogP contribution in [0.25, 0.3) is 0 Å². The lowest BCUT2D eigenvalue weighted by molar-refractivity contribution is 1.40. The van der Waals surface area contributed by atoms with Gasteiger partial charge in [0.25, 0.3) is 0 Å². The Balaban J connectivity index is 1.98. The molecular weight excluding hydrogens is 308 g/mol. The van der Waals surface area contributed by atoms with E-state index >= 15 is 0 Å². The SMILES string of the molecule is N=C(/N=C(\N=C\c1ccccc1)c1cccc(N)c1)c1ccccc1. The van der Waals surface area contributed by atoms with Crippen LogP contribution >= 0.6 is 0 Å². The fraction of sp³-hybridized carbons (Fsp3) is 0. The monoisotopic (exact) mass is 326 g/mol. The normalized spacial score (nSPS) is 11.6. The Labute approximate surface area is 146 Å². The Morgan fingerprint density at radius 3 is 2.12 bits per heavy atom. The minimum atomic E-state index is 0.156. The summed E-state index contributed by atoms with van der Waals surface area (Å²) in [5, 5.41) is 8.25. The first-order chi connectivity index (χ1) is 12.2. The first-order valence-corrected chi connectivity index (χ1v) is 7.90. The Morgan fingerprint density at radius 1 is 0.800 bits per heavy atom. The maximum Gasteiger partial charge on any atom is 0.161 e. The van der Waals surface area contributed by atoms with E-state index in [2.05, 4.69) is 9.98 Å². The van der Waals surface area contributed by atoms with Crippen LogP contribution in [0.1, 0.15) is 16.7 Å². The van der Waals surface area contributed by atoms with Crippen LogP contribution in [0.4, 0.5) is 5.69 Å². The van der Waals surface area contributed by atoms with E-state index in [9.17, 15) is 0 Å². The zero-order valence-electron chi connectivity index (χ0n) is 13.6. The predicted molar refractivity (Wildman–Crippen MR) is 105 cm³/mol. The third kappa shape index (κ3) is 4.48. The molecule has 0 radical (unpaired) electrons. The number of aliphatic imine (C=N–C) groups is 2. The zero-order chi connectivity index (χ0) is 17.5. The van der Waals surface area contributed by atoms with Gasteiger partial charge in [0.1, 0.15) is 0 Å². The summed E-state index contributed by atoms with van der Waals surface area (Å²) in [6.45, 7) is 0. The number of amidine groups is 2. The minimum Gasteiger partial charge on any atom is -0.399 e. The maximum atomic E-state index is 8.25. The first kappa shape index (κ1) is 16.3. The molecule has 3 aromatic rings. The highest BCUT2D eigenvalue weighted by Crippen LogP contribution is 2.11. The molecule has 25 heavy (non-hydrogen) atoms. The standard InChI is InChI=1S/C21H18N4/c22-19-13-7-12-18(14-19)21(24-15-16-8-3-1-4-9-16)25-20(23)17-10-5-2-6-11-17/h1-15,23H,22H2/b23-20?,24-15+,25-21-. The summed E-state index contributed by atoms with van der Waals surface area (Å²) in [6.07, 6.45) is 1.74. The molecule has 0 aliphatic rings. The van der Waals surface area contributed by atoms with Crippen molar-refractivity contribution in [3.05, 3.63) is 102 Å². The van der Waals surface area contributed by atoms with E-state index in [0.717, 1.165) is 16.7 Å². The molecule has 0 amide bonds. The van der Waals surface area contributed by atoms with Crippen LogP contribution in [0, 0.1) is 5.41 Å². The average Bonchev–Trinajstić information content (AvgIpc) is 2.66. The van der Waals surface area contributed by atoms with Gasteiger partial charge >= 0.3 is 0 Å². The molecule has 0 aromatic heterocycles. The van der Waals surface area contributed by atoms with E-state index in [-0.39, 0.29) is 5.84 Å². The highest BCUT2D eigenvalue weighted by atomic mass is 14.9. The van der Waals surface area contributed by atoms with Crippen LogP contribution < -0.4 is 5.73 Å². The molecule has 0 saturated heterocycles. The van der Waals surface area contributed by atoms with Gasteiger partial charge in [-0.25, -0.2) is 9.98 Å². The fourth-order valence-corrected chi connectivity index (χ4v) is 2.29. The summed E-state index contributed by atoms with van der Waals surface area (Å²) in [5.74, 6) is 0.605. The number of anilines is 1. The van der Waals surface area contributed by atoms with E-state index < -0.39 is 0 Å². The maximum absolute atomic E-state index is 8.25. The van der Waals surface area contributed by atoms with Crippen molar-refractivity contribution in [1.82, 2.24) is 0 Å². The molecule has 3 aromatic carbocycles. The molecular formula is C21H18N4. The molecule has 0 bridgehead atoms. The molecule has 3 rings (SSSR count). The third-order valence-electron chi connectivity index (χ3n) is 3.55. The number of benzene rings is 3. The second kappa shape index (κ2) is 7.84. The van der Waals surface area contributed by atoms with Crippen molar-refractivity contribution < 1.29 is 0 Å². The number of hydrogen-bond donors (Lipinski definition) is 2. The topological polar surface area (TPSA) is 74.6 Å². The van der Waals surface area contributed by atoms with Gasteiger partial charge in [0.15, 0.2) is 11.7 Å². The summed E-state index contributed by atoms with van der Waals surface area (Å²) in [5.41, 5.74) is 8.99. The molecule has 0 atom stereocenters. The van der Waals surface area contributed by atoms with Gasteiger partial charge in [0.05, 0.1) is 0 Å². The number of nitrogens with zero attached hydrogens (tertiary/aromatic N) is 2. The first-order valence-electron chi connectivity index (χ1n) is 7.90. The van der Waals surface area contributed by atoms with Crippen LogP contribution in [0.3, 0.4) is 0 Å². The molecule has 0 fully saturated rings. The van der Waals surface area contributed by atoms with Crippen molar-refractivity contribution in [2.45, 2.75) is 0 Å². The van der Waals surface area contributed by atoms with E-state index in [0.29, 0.717) is 11.5 Å². The Kier molecular flexibility index (Phi) is 5.12. The van der Waals surface area contributed by atoms with Crippen molar-refractivity contribution in [1.29, 1.82) is 5.41 Å². The second-order valence-electron chi connectivity index (χ2n) is 5.44. The molecule has 0 heterocycles. The molecule has 122 valence electrons. The van der Waals surface area contributed by atoms with E-state index in [1.54, 1.807) is 12.3 Å². The molecule has 4 nitrogen and oxygen atoms in total. The van der Waals surface area contributed by atoms with E-state index in [1.807, 2.05) is 78.9 Å². The third-order valence-corrected chi connectivity index (χ3v) is 3.55. The average molecular weight is 326 g/mol. The molecule has 3 N–H and O–H groups in total. The summed E-state index contributed by atoms with van der Waals surface area (Å²) < 4.78 is 0. The summed E-state index contributed by atoms with van der Waals surface area (Å²) in [4.78, 5) is 8.92. The van der Waals surface area contributed by atoms with Gasteiger partial charge in [0, 0.05) is 23.0 Å². The minimum absolute atomic E-state index is 0.156. The largest absolute Gasteiger partial charge is 0.399 e. The van der Waals surface area contributed by atoms with Crippen LogP contribution in [-0.4, -0.2) is 17.9 Å².